The minimum absolute atomic E-state index is 0. The smallest absolute Gasteiger partial charge is 0.404 e. The summed E-state index contributed by atoms with van der Waals surface area (Å²) in [4.78, 5) is 0. The van der Waals surface area contributed by atoms with E-state index in [1.165, 1.54) is 12.0 Å². The fourth-order valence-electron chi connectivity index (χ4n) is 5.06. The first-order chi connectivity index (χ1) is 10.4. The highest BCUT2D eigenvalue weighted by Crippen LogP contribution is 2.65. The summed E-state index contributed by atoms with van der Waals surface area (Å²) in [6, 6.07) is 10.4. The zero-order chi connectivity index (χ0) is 15.5. The van der Waals surface area contributed by atoms with Crippen LogP contribution in [-0.4, -0.2) is 24.8 Å². The summed E-state index contributed by atoms with van der Waals surface area (Å²) in [6.45, 7) is 7.01. The highest BCUT2D eigenvalue weighted by molar-refractivity contribution is 6.47. The molecule has 3 aliphatic carbocycles. The fraction of sp³-hybridized carbons (Fsp3) is 0.667. The third-order valence-corrected chi connectivity index (χ3v) is 6.63. The molecule has 0 aromatic heterocycles. The SMILES string of the molecule is CC1(C)[C@@H]2C[C@H]1[C@]1(C)OB([C@H](N)Cc3ccccc3)O[C@@H]1C2.Cl. The molecule has 5 rings (SSSR count). The third kappa shape index (κ3) is 2.55. The molecule has 1 saturated heterocycles. The Hall–Kier alpha value is -0.545. The molecule has 0 unspecified atom stereocenters. The quantitative estimate of drug-likeness (QED) is 0.862. The second-order valence-corrected chi connectivity index (χ2v) is 8.19. The lowest BCUT2D eigenvalue weighted by Crippen LogP contribution is -2.65. The molecule has 1 aromatic carbocycles. The summed E-state index contributed by atoms with van der Waals surface area (Å²) in [5.41, 5.74) is 7.87. The average Bonchev–Trinajstić information content (AvgIpc) is 2.85. The predicted octanol–water partition coefficient (Wildman–Crippen LogP) is 3.25. The van der Waals surface area contributed by atoms with Crippen molar-refractivity contribution in [1.29, 1.82) is 0 Å². The molecular weight excluding hydrogens is 308 g/mol. The minimum atomic E-state index is -0.273. The third-order valence-electron chi connectivity index (χ3n) is 6.63. The Balaban J connectivity index is 0.00000156. The molecule has 1 aromatic rings. The first-order valence-corrected chi connectivity index (χ1v) is 8.54. The van der Waals surface area contributed by atoms with E-state index in [0.717, 1.165) is 18.8 Å². The number of hydrogen-bond acceptors (Lipinski definition) is 3. The molecule has 1 aliphatic heterocycles. The van der Waals surface area contributed by atoms with E-state index in [1.54, 1.807) is 0 Å². The van der Waals surface area contributed by atoms with E-state index in [1.807, 2.05) is 6.07 Å². The molecule has 5 heteroatoms. The van der Waals surface area contributed by atoms with Gasteiger partial charge in [-0.25, -0.2) is 0 Å². The Morgan fingerprint density at radius 1 is 1.22 bits per heavy atom. The molecule has 1 heterocycles. The summed E-state index contributed by atoms with van der Waals surface area (Å²) in [7, 11) is -0.273. The second-order valence-electron chi connectivity index (χ2n) is 8.19. The van der Waals surface area contributed by atoms with Crippen LogP contribution in [0.15, 0.2) is 30.3 Å². The van der Waals surface area contributed by atoms with Crippen molar-refractivity contribution in [1.82, 2.24) is 0 Å². The molecule has 4 aliphatic rings. The molecule has 2 N–H and O–H groups in total. The van der Waals surface area contributed by atoms with Gasteiger partial charge in [0.25, 0.3) is 0 Å². The fourth-order valence-corrected chi connectivity index (χ4v) is 5.06. The predicted molar refractivity (Wildman–Crippen MR) is 95.5 cm³/mol. The van der Waals surface area contributed by atoms with Crippen LogP contribution in [0.4, 0.5) is 0 Å². The van der Waals surface area contributed by atoms with Crippen LogP contribution in [0.25, 0.3) is 0 Å². The van der Waals surface area contributed by atoms with Gasteiger partial charge in [0, 0.05) is 5.94 Å². The van der Waals surface area contributed by atoms with Crippen molar-refractivity contribution in [2.75, 3.05) is 0 Å². The van der Waals surface area contributed by atoms with Crippen LogP contribution in [0.2, 0.25) is 0 Å². The molecule has 126 valence electrons. The van der Waals surface area contributed by atoms with Gasteiger partial charge >= 0.3 is 7.12 Å². The van der Waals surface area contributed by atoms with Crippen LogP contribution < -0.4 is 5.73 Å². The molecule has 0 spiro atoms. The van der Waals surface area contributed by atoms with E-state index >= 15 is 0 Å². The van der Waals surface area contributed by atoms with Crippen LogP contribution in [-0.2, 0) is 15.7 Å². The zero-order valence-corrected chi connectivity index (χ0v) is 15.0. The van der Waals surface area contributed by atoms with Crippen LogP contribution in [0.5, 0.6) is 0 Å². The lowest BCUT2D eigenvalue weighted by atomic mass is 9.43. The zero-order valence-electron chi connectivity index (χ0n) is 14.2. The summed E-state index contributed by atoms with van der Waals surface area (Å²) in [6.07, 6.45) is 3.42. The van der Waals surface area contributed by atoms with Crippen LogP contribution >= 0.6 is 12.4 Å². The van der Waals surface area contributed by atoms with Gasteiger partial charge in [0.15, 0.2) is 0 Å². The van der Waals surface area contributed by atoms with E-state index in [-0.39, 0.29) is 37.2 Å². The van der Waals surface area contributed by atoms with Crippen molar-refractivity contribution in [3.63, 3.8) is 0 Å². The highest BCUT2D eigenvalue weighted by atomic mass is 35.5. The van der Waals surface area contributed by atoms with Gasteiger partial charge < -0.3 is 15.0 Å². The molecule has 4 fully saturated rings. The standard InChI is InChI=1S/C18H26BNO2.ClH/c1-17(2)13-10-14(17)18(3)15(11-13)21-19(22-18)16(20)9-12-7-5-4-6-8-12;/h4-8,13-16H,9-11,20H2,1-3H3;1H/t13-,14-,15-,16-,18+;/m1./s1. The van der Waals surface area contributed by atoms with Gasteiger partial charge in [0.2, 0.25) is 0 Å². The maximum atomic E-state index is 6.43. The summed E-state index contributed by atoms with van der Waals surface area (Å²) < 4.78 is 12.7. The van der Waals surface area contributed by atoms with Crippen molar-refractivity contribution >= 4 is 19.5 Å². The number of hydrogen-bond donors (Lipinski definition) is 1. The molecule has 0 amide bonds. The Labute approximate surface area is 145 Å². The molecule has 3 nitrogen and oxygen atoms in total. The largest absolute Gasteiger partial charge is 0.475 e. The van der Waals surface area contributed by atoms with E-state index < -0.39 is 0 Å². The van der Waals surface area contributed by atoms with Gasteiger partial charge in [-0.15, -0.1) is 12.4 Å². The van der Waals surface area contributed by atoms with Crippen molar-refractivity contribution in [2.24, 2.45) is 23.0 Å². The number of rotatable bonds is 3. The first-order valence-electron chi connectivity index (χ1n) is 8.54. The van der Waals surface area contributed by atoms with Gasteiger partial charge in [0.1, 0.15) is 0 Å². The van der Waals surface area contributed by atoms with Crippen LogP contribution in [0.1, 0.15) is 39.2 Å². The number of nitrogens with two attached hydrogens (primary N) is 1. The highest BCUT2D eigenvalue weighted by Gasteiger charge is 2.68. The van der Waals surface area contributed by atoms with Crippen molar-refractivity contribution < 1.29 is 9.31 Å². The molecule has 2 bridgehead atoms. The van der Waals surface area contributed by atoms with Crippen LogP contribution in [0, 0.1) is 17.3 Å². The molecule has 3 saturated carbocycles. The number of halogens is 1. The maximum Gasteiger partial charge on any atom is 0.475 e. The topological polar surface area (TPSA) is 44.5 Å². The van der Waals surface area contributed by atoms with Gasteiger partial charge in [-0.1, -0.05) is 44.2 Å². The summed E-state index contributed by atoms with van der Waals surface area (Å²) >= 11 is 0. The van der Waals surface area contributed by atoms with E-state index in [9.17, 15) is 0 Å². The molecular formula is C18H27BClNO2. The Morgan fingerprint density at radius 2 is 1.91 bits per heavy atom. The Bertz CT molecular complexity index is 569. The van der Waals surface area contributed by atoms with Crippen molar-refractivity contribution in [2.45, 2.75) is 57.7 Å². The van der Waals surface area contributed by atoms with E-state index in [0.29, 0.717) is 11.3 Å². The van der Waals surface area contributed by atoms with Gasteiger partial charge in [-0.05, 0) is 49.0 Å². The average molecular weight is 336 g/mol. The van der Waals surface area contributed by atoms with Crippen molar-refractivity contribution in [3.8, 4) is 0 Å². The molecule has 23 heavy (non-hydrogen) atoms. The second kappa shape index (κ2) is 5.77. The van der Waals surface area contributed by atoms with E-state index in [2.05, 4.69) is 45.0 Å². The van der Waals surface area contributed by atoms with Crippen molar-refractivity contribution in [3.05, 3.63) is 35.9 Å². The maximum absolute atomic E-state index is 6.43. The van der Waals surface area contributed by atoms with E-state index in [4.69, 9.17) is 15.0 Å². The monoisotopic (exact) mass is 335 g/mol. The Kier molecular flexibility index (Phi) is 4.33. The van der Waals surface area contributed by atoms with Gasteiger partial charge in [-0.3, -0.25) is 0 Å². The molecule has 5 atom stereocenters. The van der Waals surface area contributed by atoms with Gasteiger partial charge in [-0.2, -0.15) is 0 Å². The van der Waals surface area contributed by atoms with Gasteiger partial charge in [0.05, 0.1) is 11.7 Å². The minimum Gasteiger partial charge on any atom is -0.404 e. The number of benzene rings is 1. The first kappa shape index (κ1) is 17.3. The molecule has 0 radical (unpaired) electrons. The van der Waals surface area contributed by atoms with Crippen LogP contribution in [0.3, 0.4) is 0 Å². The summed E-state index contributed by atoms with van der Waals surface area (Å²) in [5, 5.41) is 0. The Morgan fingerprint density at radius 3 is 2.57 bits per heavy atom. The normalized spacial score (nSPS) is 38.3. The summed E-state index contributed by atoms with van der Waals surface area (Å²) in [5.74, 6) is 1.27. The lowest BCUT2D eigenvalue weighted by Gasteiger charge is -2.64. The lowest BCUT2D eigenvalue weighted by molar-refractivity contribution is -0.199.